The van der Waals surface area contributed by atoms with E-state index in [1.54, 1.807) is 0 Å². The van der Waals surface area contributed by atoms with Crippen molar-refractivity contribution < 1.29 is 14.3 Å². The van der Waals surface area contributed by atoms with Gasteiger partial charge in [0.25, 0.3) is 5.91 Å². The third kappa shape index (κ3) is 3.92. The summed E-state index contributed by atoms with van der Waals surface area (Å²) in [5.41, 5.74) is 2.26. The zero-order valence-electron chi connectivity index (χ0n) is 17.1. The summed E-state index contributed by atoms with van der Waals surface area (Å²) in [4.78, 5) is 19.4. The van der Waals surface area contributed by atoms with Crippen LogP contribution in [-0.4, -0.2) is 79.6 Å². The highest BCUT2D eigenvalue weighted by Gasteiger charge is 2.32. The molecule has 0 bridgehead atoms. The van der Waals surface area contributed by atoms with Crippen molar-refractivity contribution in [2.24, 2.45) is 0 Å². The van der Waals surface area contributed by atoms with Gasteiger partial charge >= 0.3 is 0 Å². The molecule has 3 aliphatic rings. The quantitative estimate of drug-likeness (QED) is 0.758. The van der Waals surface area contributed by atoms with Gasteiger partial charge < -0.3 is 24.2 Å². The van der Waals surface area contributed by atoms with Gasteiger partial charge in [-0.3, -0.25) is 4.79 Å². The van der Waals surface area contributed by atoms with Crippen molar-refractivity contribution >= 4 is 17.4 Å². The molecule has 1 atom stereocenters. The first-order valence-electron chi connectivity index (χ1n) is 10.7. The van der Waals surface area contributed by atoms with Crippen LogP contribution in [0.2, 0.25) is 0 Å². The molecule has 2 aromatic rings. The van der Waals surface area contributed by atoms with Crippen LogP contribution in [0.4, 0.5) is 11.5 Å². The molecular formula is C22H27N5O3. The molecule has 8 nitrogen and oxygen atoms in total. The number of morpholine rings is 1. The predicted octanol–water partition coefficient (Wildman–Crippen LogP) is 1.36. The number of aryl methyl sites for hydroxylation is 1. The number of benzene rings is 1. The number of ether oxygens (including phenoxy) is 2. The SMILES string of the molecule is O=C(C1CCc2ccccc2O1)N1CCN(c2cc(N3CCOCC3)cnn2)CC1. The number of carbonyl (C=O) groups excluding carboxylic acids is 1. The number of fused-ring (bicyclic) bond motifs is 1. The number of rotatable bonds is 3. The van der Waals surface area contributed by atoms with Crippen molar-refractivity contribution in [2.75, 3.05) is 62.3 Å². The highest BCUT2D eigenvalue weighted by molar-refractivity contribution is 5.82. The third-order valence-electron chi connectivity index (χ3n) is 6.11. The van der Waals surface area contributed by atoms with Gasteiger partial charge in [-0.05, 0) is 24.5 Å². The predicted molar refractivity (Wildman–Crippen MR) is 113 cm³/mol. The molecule has 2 fully saturated rings. The number of amides is 1. The normalized spacial score (nSPS) is 21.7. The van der Waals surface area contributed by atoms with E-state index in [4.69, 9.17) is 9.47 Å². The van der Waals surface area contributed by atoms with Crippen LogP contribution in [0.5, 0.6) is 5.75 Å². The topological polar surface area (TPSA) is 71.0 Å². The fourth-order valence-corrected chi connectivity index (χ4v) is 4.35. The van der Waals surface area contributed by atoms with E-state index in [9.17, 15) is 4.79 Å². The van der Waals surface area contributed by atoms with Gasteiger partial charge in [-0.25, -0.2) is 0 Å². The smallest absolute Gasteiger partial charge is 0.263 e. The lowest BCUT2D eigenvalue weighted by atomic mass is 10.0. The maximum Gasteiger partial charge on any atom is 0.263 e. The van der Waals surface area contributed by atoms with Gasteiger partial charge in [-0.15, -0.1) is 5.10 Å². The molecule has 158 valence electrons. The molecule has 1 aromatic heterocycles. The average Bonchev–Trinajstić information content (AvgIpc) is 2.84. The van der Waals surface area contributed by atoms with Crippen LogP contribution in [0, 0.1) is 0 Å². The van der Waals surface area contributed by atoms with Gasteiger partial charge in [0.1, 0.15) is 5.75 Å². The van der Waals surface area contributed by atoms with E-state index < -0.39 is 0 Å². The maximum atomic E-state index is 13.0. The van der Waals surface area contributed by atoms with E-state index in [1.165, 1.54) is 5.56 Å². The number of para-hydroxylation sites is 1. The molecule has 0 aliphatic carbocycles. The number of anilines is 2. The molecule has 1 aromatic carbocycles. The summed E-state index contributed by atoms with van der Waals surface area (Å²) in [6.45, 7) is 6.06. The number of hydrogen-bond acceptors (Lipinski definition) is 7. The van der Waals surface area contributed by atoms with Crippen LogP contribution in [0.15, 0.2) is 36.5 Å². The standard InChI is InChI=1S/C22H27N5O3/c28-22(20-6-5-17-3-1-2-4-19(17)30-20)27-9-7-26(8-10-27)21-15-18(16-23-24-21)25-11-13-29-14-12-25/h1-4,15-16,20H,5-14H2. The molecule has 1 unspecified atom stereocenters. The molecule has 30 heavy (non-hydrogen) atoms. The lowest BCUT2D eigenvalue weighted by molar-refractivity contribution is -0.139. The van der Waals surface area contributed by atoms with Crippen molar-refractivity contribution in [3.05, 3.63) is 42.1 Å². The van der Waals surface area contributed by atoms with Crippen LogP contribution in [0.25, 0.3) is 0 Å². The van der Waals surface area contributed by atoms with Gasteiger partial charge in [0.2, 0.25) is 0 Å². The van der Waals surface area contributed by atoms with Crippen molar-refractivity contribution in [1.29, 1.82) is 0 Å². The summed E-state index contributed by atoms with van der Waals surface area (Å²) in [6, 6.07) is 10.1. The fraction of sp³-hybridized carbons (Fsp3) is 0.500. The summed E-state index contributed by atoms with van der Waals surface area (Å²) in [7, 11) is 0. The Hall–Kier alpha value is -2.87. The molecule has 0 spiro atoms. The molecule has 8 heteroatoms. The van der Waals surface area contributed by atoms with Gasteiger partial charge in [-0.1, -0.05) is 18.2 Å². The highest BCUT2D eigenvalue weighted by atomic mass is 16.5. The van der Waals surface area contributed by atoms with Crippen molar-refractivity contribution in [3.63, 3.8) is 0 Å². The highest BCUT2D eigenvalue weighted by Crippen LogP contribution is 2.28. The van der Waals surface area contributed by atoms with Gasteiger partial charge in [0.05, 0.1) is 25.1 Å². The van der Waals surface area contributed by atoms with Crippen LogP contribution < -0.4 is 14.5 Å². The molecule has 4 heterocycles. The van der Waals surface area contributed by atoms with Crippen LogP contribution >= 0.6 is 0 Å². The monoisotopic (exact) mass is 409 g/mol. The second kappa shape index (κ2) is 8.47. The Morgan fingerprint density at radius 1 is 1.00 bits per heavy atom. The molecule has 3 aliphatic heterocycles. The van der Waals surface area contributed by atoms with Gasteiger partial charge in [0, 0.05) is 45.3 Å². The lowest BCUT2D eigenvalue weighted by Gasteiger charge is -2.38. The summed E-state index contributed by atoms with van der Waals surface area (Å²) >= 11 is 0. The fourth-order valence-electron chi connectivity index (χ4n) is 4.35. The Kier molecular flexibility index (Phi) is 5.40. The first-order valence-corrected chi connectivity index (χ1v) is 10.7. The molecule has 1 amide bonds. The third-order valence-corrected chi connectivity index (χ3v) is 6.11. The Bertz CT molecular complexity index is 894. The lowest BCUT2D eigenvalue weighted by Crippen LogP contribution is -2.53. The second-order valence-corrected chi connectivity index (χ2v) is 7.94. The zero-order valence-corrected chi connectivity index (χ0v) is 17.1. The van der Waals surface area contributed by atoms with Crippen molar-refractivity contribution in [3.8, 4) is 5.75 Å². The largest absolute Gasteiger partial charge is 0.480 e. The average molecular weight is 409 g/mol. The van der Waals surface area contributed by atoms with E-state index in [0.29, 0.717) is 13.1 Å². The Balaban J connectivity index is 1.19. The van der Waals surface area contributed by atoms with E-state index in [1.807, 2.05) is 29.3 Å². The minimum atomic E-state index is -0.379. The second-order valence-electron chi connectivity index (χ2n) is 7.94. The summed E-state index contributed by atoms with van der Waals surface area (Å²) < 4.78 is 11.4. The molecular weight excluding hydrogens is 382 g/mol. The minimum absolute atomic E-state index is 0.0947. The van der Waals surface area contributed by atoms with Crippen LogP contribution in [-0.2, 0) is 16.0 Å². The zero-order chi connectivity index (χ0) is 20.3. The molecule has 2 saturated heterocycles. The first kappa shape index (κ1) is 19.1. The van der Waals surface area contributed by atoms with Crippen LogP contribution in [0.3, 0.4) is 0 Å². The number of nitrogens with zero attached hydrogens (tertiary/aromatic N) is 5. The Morgan fingerprint density at radius 3 is 2.63 bits per heavy atom. The number of carbonyl (C=O) groups is 1. The Labute approximate surface area is 176 Å². The Morgan fingerprint density at radius 2 is 1.80 bits per heavy atom. The van der Waals surface area contributed by atoms with E-state index in [0.717, 1.165) is 69.5 Å². The van der Waals surface area contributed by atoms with Gasteiger partial charge in [0.15, 0.2) is 11.9 Å². The minimum Gasteiger partial charge on any atom is -0.480 e. The number of piperazine rings is 1. The summed E-state index contributed by atoms with van der Waals surface area (Å²) in [5.74, 6) is 1.81. The molecule has 5 rings (SSSR count). The molecule has 0 radical (unpaired) electrons. The van der Waals surface area contributed by atoms with Crippen LogP contribution in [0.1, 0.15) is 12.0 Å². The summed E-state index contributed by atoms with van der Waals surface area (Å²) in [6.07, 6.45) is 3.06. The van der Waals surface area contributed by atoms with E-state index in [2.05, 4.69) is 32.1 Å². The molecule has 0 N–H and O–H groups in total. The summed E-state index contributed by atoms with van der Waals surface area (Å²) in [5, 5.41) is 8.54. The van der Waals surface area contributed by atoms with Crippen molar-refractivity contribution in [2.45, 2.75) is 18.9 Å². The number of hydrogen-bond donors (Lipinski definition) is 0. The molecule has 0 saturated carbocycles. The first-order chi connectivity index (χ1) is 14.8. The van der Waals surface area contributed by atoms with Crippen molar-refractivity contribution in [1.82, 2.24) is 15.1 Å². The van der Waals surface area contributed by atoms with E-state index in [-0.39, 0.29) is 12.0 Å². The van der Waals surface area contributed by atoms with Gasteiger partial charge in [-0.2, -0.15) is 5.10 Å². The van der Waals surface area contributed by atoms with E-state index >= 15 is 0 Å². The maximum absolute atomic E-state index is 13.0. The number of aromatic nitrogens is 2.